The number of hydrogen-bond donors (Lipinski definition) is 1. The van der Waals surface area contributed by atoms with Crippen LogP contribution in [0.4, 0.5) is 5.69 Å². The lowest BCUT2D eigenvalue weighted by Gasteiger charge is -2.03. The van der Waals surface area contributed by atoms with E-state index in [0.29, 0.717) is 16.3 Å². The van der Waals surface area contributed by atoms with Gasteiger partial charge in [0.1, 0.15) is 10.0 Å². The summed E-state index contributed by atoms with van der Waals surface area (Å²) in [5.41, 5.74) is 0.714. The maximum absolute atomic E-state index is 10.7. The number of halogens is 3. The maximum atomic E-state index is 10.7. The molecule has 0 aliphatic rings. The van der Waals surface area contributed by atoms with Gasteiger partial charge in [0.05, 0.1) is 21.8 Å². The van der Waals surface area contributed by atoms with Crippen LogP contribution in [-0.4, -0.2) is 15.1 Å². The van der Waals surface area contributed by atoms with Gasteiger partial charge in [-0.2, -0.15) is 5.10 Å². The van der Waals surface area contributed by atoms with E-state index in [2.05, 4.69) is 10.2 Å². The summed E-state index contributed by atoms with van der Waals surface area (Å²) in [5.74, 6) is 0. The molecule has 8 heteroatoms. The third kappa shape index (κ3) is 2.22. The molecule has 1 aromatic carbocycles. The van der Waals surface area contributed by atoms with E-state index in [4.69, 9.17) is 34.8 Å². The van der Waals surface area contributed by atoms with Gasteiger partial charge in [0.2, 0.25) is 0 Å². The molecule has 0 aliphatic heterocycles. The van der Waals surface area contributed by atoms with E-state index in [9.17, 15) is 10.1 Å². The summed E-state index contributed by atoms with van der Waals surface area (Å²) in [6.45, 7) is 0. The Morgan fingerprint density at radius 3 is 2.18 bits per heavy atom. The zero-order chi connectivity index (χ0) is 12.6. The molecule has 1 aromatic heterocycles. The highest BCUT2D eigenvalue weighted by Gasteiger charge is 2.20. The maximum Gasteiger partial charge on any atom is 0.306 e. The second kappa shape index (κ2) is 4.52. The van der Waals surface area contributed by atoms with E-state index in [0.717, 1.165) is 0 Å². The van der Waals surface area contributed by atoms with Crippen molar-refractivity contribution in [3.8, 4) is 11.3 Å². The van der Waals surface area contributed by atoms with Crippen LogP contribution in [-0.2, 0) is 0 Å². The molecule has 0 bridgehead atoms. The number of aromatic amines is 1. The number of H-pyrrole nitrogens is 1. The standard InChI is InChI=1S/C9H4Cl3N3O2/c10-5-1-4(8-7(12)3-13-14-8)2-6(11)9(5)15(16)17/h1-3H,(H,13,14). The molecule has 5 nitrogen and oxygen atoms in total. The topological polar surface area (TPSA) is 71.8 Å². The Labute approximate surface area is 110 Å². The van der Waals surface area contributed by atoms with Gasteiger partial charge < -0.3 is 0 Å². The van der Waals surface area contributed by atoms with Crippen molar-refractivity contribution in [2.45, 2.75) is 0 Å². The lowest BCUT2D eigenvalue weighted by atomic mass is 10.1. The van der Waals surface area contributed by atoms with Crippen molar-refractivity contribution >= 4 is 40.5 Å². The number of nitrogens with zero attached hydrogens (tertiary/aromatic N) is 2. The molecule has 2 rings (SSSR count). The van der Waals surface area contributed by atoms with Crippen LogP contribution in [0.5, 0.6) is 0 Å². The van der Waals surface area contributed by atoms with Crippen molar-refractivity contribution in [1.29, 1.82) is 0 Å². The van der Waals surface area contributed by atoms with Gasteiger partial charge in [-0.15, -0.1) is 0 Å². The van der Waals surface area contributed by atoms with Crippen LogP contribution in [0.3, 0.4) is 0 Å². The fourth-order valence-corrected chi connectivity index (χ4v) is 2.18. The van der Waals surface area contributed by atoms with Crippen molar-refractivity contribution in [3.63, 3.8) is 0 Å². The van der Waals surface area contributed by atoms with Gasteiger partial charge in [0, 0.05) is 5.56 Å². The van der Waals surface area contributed by atoms with Crippen LogP contribution in [0.25, 0.3) is 11.3 Å². The number of nitro benzene ring substituents is 1. The van der Waals surface area contributed by atoms with Gasteiger partial charge >= 0.3 is 5.69 Å². The SMILES string of the molecule is O=[N+]([O-])c1c(Cl)cc(-c2[nH]ncc2Cl)cc1Cl. The molecule has 88 valence electrons. The van der Waals surface area contributed by atoms with Crippen LogP contribution in [0.1, 0.15) is 0 Å². The largest absolute Gasteiger partial charge is 0.306 e. The summed E-state index contributed by atoms with van der Waals surface area (Å²) in [7, 11) is 0. The minimum absolute atomic E-state index is 0.0526. The molecule has 2 aromatic rings. The van der Waals surface area contributed by atoms with Gasteiger partial charge in [-0.3, -0.25) is 15.2 Å². The fraction of sp³-hybridized carbons (Fsp3) is 0. The van der Waals surface area contributed by atoms with Crippen molar-refractivity contribution < 1.29 is 4.92 Å². The molecule has 1 heterocycles. The Kier molecular flexibility index (Phi) is 3.24. The molecule has 0 aliphatic carbocycles. The number of aromatic nitrogens is 2. The van der Waals surface area contributed by atoms with E-state index in [1.165, 1.54) is 18.3 Å². The van der Waals surface area contributed by atoms with Crippen molar-refractivity contribution in [3.05, 3.63) is 43.5 Å². The van der Waals surface area contributed by atoms with Crippen molar-refractivity contribution in [1.82, 2.24) is 10.2 Å². The van der Waals surface area contributed by atoms with Gasteiger partial charge in [-0.05, 0) is 12.1 Å². The number of benzene rings is 1. The number of nitrogens with one attached hydrogen (secondary N) is 1. The highest BCUT2D eigenvalue weighted by molar-refractivity contribution is 6.39. The summed E-state index contributed by atoms with van der Waals surface area (Å²) >= 11 is 17.5. The van der Waals surface area contributed by atoms with Crippen LogP contribution >= 0.6 is 34.8 Å². The average molecular weight is 293 g/mol. The average Bonchev–Trinajstić information content (AvgIpc) is 2.62. The van der Waals surface area contributed by atoms with E-state index in [1.54, 1.807) is 0 Å². The lowest BCUT2D eigenvalue weighted by Crippen LogP contribution is -1.91. The molecular formula is C9H4Cl3N3O2. The van der Waals surface area contributed by atoms with Gasteiger partial charge in [-0.1, -0.05) is 34.8 Å². The molecule has 1 N–H and O–H groups in total. The number of rotatable bonds is 2. The first-order valence-electron chi connectivity index (χ1n) is 4.33. The predicted molar refractivity (Wildman–Crippen MR) is 65.7 cm³/mol. The zero-order valence-electron chi connectivity index (χ0n) is 8.08. The Hall–Kier alpha value is -1.30. The molecule has 0 spiro atoms. The van der Waals surface area contributed by atoms with Crippen LogP contribution in [0.2, 0.25) is 15.1 Å². The molecular weight excluding hydrogens is 288 g/mol. The molecule has 0 saturated heterocycles. The Morgan fingerprint density at radius 2 is 1.76 bits per heavy atom. The zero-order valence-corrected chi connectivity index (χ0v) is 10.3. The summed E-state index contributed by atoms with van der Waals surface area (Å²) in [6.07, 6.45) is 1.42. The van der Waals surface area contributed by atoms with Crippen LogP contribution in [0, 0.1) is 10.1 Å². The molecule has 0 unspecified atom stereocenters. The van der Waals surface area contributed by atoms with Gasteiger partial charge in [0.15, 0.2) is 0 Å². The first kappa shape index (κ1) is 12.2. The number of hydrogen-bond acceptors (Lipinski definition) is 3. The van der Waals surface area contributed by atoms with Crippen molar-refractivity contribution in [2.75, 3.05) is 0 Å². The quantitative estimate of drug-likeness (QED) is 0.673. The minimum atomic E-state index is -0.636. The normalized spacial score (nSPS) is 10.5. The van der Waals surface area contributed by atoms with Crippen molar-refractivity contribution in [2.24, 2.45) is 0 Å². The fourth-order valence-electron chi connectivity index (χ4n) is 1.36. The molecule has 0 fully saturated rings. The Balaban J connectivity index is 2.61. The number of nitro groups is 1. The molecule has 0 saturated carbocycles. The molecule has 0 atom stereocenters. The molecule has 17 heavy (non-hydrogen) atoms. The van der Waals surface area contributed by atoms with Gasteiger partial charge in [-0.25, -0.2) is 0 Å². The third-order valence-corrected chi connectivity index (χ3v) is 2.94. The first-order chi connectivity index (χ1) is 8.00. The first-order valence-corrected chi connectivity index (χ1v) is 5.46. The highest BCUT2D eigenvalue weighted by Crippen LogP contribution is 2.37. The Bertz CT molecular complexity index is 574. The smallest absolute Gasteiger partial charge is 0.276 e. The monoisotopic (exact) mass is 291 g/mol. The molecule has 0 radical (unpaired) electrons. The predicted octanol–water partition coefficient (Wildman–Crippen LogP) is 3.95. The summed E-state index contributed by atoms with van der Waals surface area (Å²) in [4.78, 5) is 10.1. The highest BCUT2D eigenvalue weighted by atomic mass is 35.5. The van der Waals surface area contributed by atoms with Gasteiger partial charge in [0.25, 0.3) is 0 Å². The second-order valence-electron chi connectivity index (χ2n) is 3.14. The van der Waals surface area contributed by atoms with E-state index >= 15 is 0 Å². The van der Waals surface area contributed by atoms with E-state index in [-0.39, 0.29) is 15.7 Å². The van der Waals surface area contributed by atoms with Crippen LogP contribution in [0.15, 0.2) is 18.3 Å². The summed E-state index contributed by atoms with van der Waals surface area (Å²) in [6, 6.07) is 2.82. The van der Waals surface area contributed by atoms with Crippen LogP contribution < -0.4 is 0 Å². The minimum Gasteiger partial charge on any atom is -0.276 e. The summed E-state index contributed by atoms with van der Waals surface area (Å²) in [5, 5.41) is 17.4. The molecule has 0 amide bonds. The lowest BCUT2D eigenvalue weighted by molar-refractivity contribution is -0.384. The van der Waals surface area contributed by atoms with E-state index < -0.39 is 4.92 Å². The Morgan fingerprint density at radius 1 is 1.18 bits per heavy atom. The third-order valence-electron chi connectivity index (χ3n) is 2.08. The second-order valence-corrected chi connectivity index (χ2v) is 4.36. The summed E-state index contributed by atoms with van der Waals surface area (Å²) < 4.78 is 0. The van der Waals surface area contributed by atoms with E-state index in [1.807, 2.05) is 0 Å².